The van der Waals surface area contributed by atoms with Crippen LogP contribution in [-0.2, 0) is 17.4 Å². The fraction of sp³-hybridized carbons (Fsp3) is 0.278. The summed E-state index contributed by atoms with van der Waals surface area (Å²) in [6.45, 7) is 0. The molecule has 0 spiro atoms. The van der Waals surface area contributed by atoms with Crippen molar-refractivity contribution in [1.29, 1.82) is 0 Å². The van der Waals surface area contributed by atoms with Gasteiger partial charge in [-0.05, 0) is 36.2 Å². The number of amides is 1. The van der Waals surface area contributed by atoms with Gasteiger partial charge in [-0.3, -0.25) is 15.6 Å². The molecule has 2 aromatic carbocycles. The second kappa shape index (κ2) is 8.46. The minimum atomic E-state index is -4.51. The quantitative estimate of drug-likeness (QED) is 0.730. The van der Waals surface area contributed by atoms with E-state index in [9.17, 15) is 18.0 Å². The van der Waals surface area contributed by atoms with Gasteiger partial charge in [0.1, 0.15) is 0 Å². The number of rotatable bonds is 7. The fourth-order valence-corrected chi connectivity index (χ4v) is 2.33. The lowest BCUT2D eigenvalue weighted by molar-refractivity contribution is -0.137. The van der Waals surface area contributed by atoms with Crippen LogP contribution in [0.4, 0.5) is 18.9 Å². The summed E-state index contributed by atoms with van der Waals surface area (Å²) in [6.07, 6.45) is -4.01. The summed E-state index contributed by atoms with van der Waals surface area (Å²) >= 11 is 0. The van der Waals surface area contributed by atoms with E-state index in [1.54, 1.807) is 18.2 Å². The Bertz CT molecular complexity index is 764. The maximum atomic E-state index is 12.9. The highest BCUT2D eigenvalue weighted by Crippen LogP contribution is 2.34. The van der Waals surface area contributed by atoms with Gasteiger partial charge < -0.3 is 9.47 Å². The molecule has 0 bridgehead atoms. The maximum Gasteiger partial charge on any atom is 0.418 e. The van der Waals surface area contributed by atoms with Crippen molar-refractivity contribution in [2.75, 3.05) is 19.6 Å². The van der Waals surface area contributed by atoms with Gasteiger partial charge in [0.15, 0.2) is 11.5 Å². The van der Waals surface area contributed by atoms with Gasteiger partial charge in [-0.2, -0.15) is 13.2 Å². The van der Waals surface area contributed by atoms with Gasteiger partial charge in [0, 0.05) is 6.42 Å². The van der Waals surface area contributed by atoms with E-state index < -0.39 is 17.6 Å². The number of halogens is 3. The van der Waals surface area contributed by atoms with E-state index in [4.69, 9.17) is 9.47 Å². The largest absolute Gasteiger partial charge is 0.493 e. The molecule has 0 aliphatic carbocycles. The van der Waals surface area contributed by atoms with Gasteiger partial charge in [-0.1, -0.05) is 18.2 Å². The zero-order chi connectivity index (χ0) is 19.2. The first-order chi connectivity index (χ1) is 12.3. The number of benzene rings is 2. The van der Waals surface area contributed by atoms with Crippen LogP contribution < -0.4 is 20.3 Å². The molecule has 0 atom stereocenters. The molecule has 2 rings (SSSR count). The molecule has 140 valence electrons. The number of aryl methyl sites for hydroxylation is 1. The first kappa shape index (κ1) is 19.4. The van der Waals surface area contributed by atoms with Crippen molar-refractivity contribution in [2.24, 2.45) is 0 Å². The van der Waals surface area contributed by atoms with Gasteiger partial charge in [-0.25, -0.2) is 0 Å². The van der Waals surface area contributed by atoms with Gasteiger partial charge in [-0.15, -0.1) is 0 Å². The molecule has 0 aliphatic rings. The lowest BCUT2D eigenvalue weighted by atomic mass is 10.1. The second-order valence-electron chi connectivity index (χ2n) is 5.41. The number of alkyl halides is 3. The van der Waals surface area contributed by atoms with Crippen molar-refractivity contribution < 1.29 is 27.4 Å². The van der Waals surface area contributed by atoms with Crippen molar-refractivity contribution in [3.63, 3.8) is 0 Å². The fourth-order valence-electron chi connectivity index (χ4n) is 2.33. The molecule has 0 unspecified atom stereocenters. The Labute approximate surface area is 149 Å². The zero-order valence-electron chi connectivity index (χ0n) is 14.3. The average molecular weight is 368 g/mol. The molecule has 1 amide bonds. The zero-order valence-corrected chi connectivity index (χ0v) is 14.3. The van der Waals surface area contributed by atoms with Crippen LogP contribution in [0.1, 0.15) is 17.5 Å². The topological polar surface area (TPSA) is 59.6 Å². The molecule has 0 radical (unpaired) electrons. The van der Waals surface area contributed by atoms with Crippen LogP contribution in [0.2, 0.25) is 0 Å². The SMILES string of the molecule is COc1ccc(CCC(=O)NNc2ccccc2C(F)(F)F)cc1OC. The Kier molecular flexibility index (Phi) is 6.32. The number of ether oxygens (including phenoxy) is 2. The summed E-state index contributed by atoms with van der Waals surface area (Å²) in [5, 5.41) is 0. The van der Waals surface area contributed by atoms with Crippen LogP contribution in [0.15, 0.2) is 42.5 Å². The van der Waals surface area contributed by atoms with E-state index in [0.29, 0.717) is 17.9 Å². The number of hydrogen-bond acceptors (Lipinski definition) is 4. The summed E-state index contributed by atoms with van der Waals surface area (Å²) in [4.78, 5) is 11.9. The van der Waals surface area contributed by atoms with Crippen molar-refractivity contribution in [3.8, 4) is 11.5 Å². The molecule has 0 saturated heterocycles. The van der Waals surface area contributed by atoms with Crippen molar-refractivity contribution in [1.82, 2.24) is 5.43 Å². The van der Waals surface area contributed by atoms with Gasteiger partial charge in [0.25, 0.3) is 0 Å². The maximum absolute atomic E-state index is 12.9. The van der Waals surface area contributed by atoms with E-state index in [1.165, 1.54) is 32.4 Å². The molecule has 8 heteroatoms. The number of methoxy groups -OCH3 is 2. The highest BCUT2D eigenvalue weighted by molar-refractivity contribution is 5.78. The number of carbonyl (C=O) groups is 1. The predicted octanol–water partition coefficient (Wildman–Crippen LogP) is 3.80. The van der Waals surface area contributed by atoms with E-state index in [1.807, 2.05) is 0 Å². The van der Waals surface area contributed by atoms with Crippen molar-refractivity contribution in [3.05, 3.63) is 53.6 Å². The van der Waals surface area contributed by atoms with Crippen LogP contribution in [0, 0.1) is 0 Å². The molecule has 0 fully saturated rings. The standard InChI is InChI=1S/C18H19F3N2O3/c1-25-15-9-7-12(11-16(15)26-2)8-10-17(24)23-22-14-6-4-3-5-13(14)18(19,20)21/h3-7,9,11,22H,8,10H2,1-2H3,(H,23,24). The Morgan fingerprint density at radius 2 is 1.73 bits per heavy atom. The minimum Gasteiger partial charge on any atom is -0.493 e. The first-order valence-electron chi connectivity index (χ1n) is 7.77. The molecular formula is C18H19F3N2O3. The summed E-state index contributed by atoms with van der Waals surface area (Å²) in [7, 11) is 3.03. The third-order valence-corrected chi connectivity index (χ3v) is 3.66. The Hall–Kier alpha value is -2.90. The average Bonchev–Trinajstić information content (AvgIpc) is 2.63. The molecule has 5 nitrogen and oxygen atoms in total. The van der Waals surface area contributed by atoms with Crippen LogP contribution in [0.5, 0.6) is 11.5 Å². The Morgan fingerprint density at radius 1 is 1.04 bits per heavy atom. The lowest BCUT2D eigenvalue weighted by Crippen LogP contribution is -2.30. The highest BCUT2D eigenvalue weighted by atomic mass is 19.4. The monoisotopic (exact) mass is 368 g/mol. The van der Waals surface area contributed by atoms with Gasteiger partial charge in [0.05, 0.1) is 25.5 Å². The number of nitrogens with one attached hydrogen (secondary N) is 2. The molecule has 2 N–H and O–H groups in total. The number of anilines is 1. The van der Waals surface area contributed by atoms with Crippen molar-refractivity contribution >= 4 is 11.6 Å². The molecule has 2 aromatic rings. The smallest absolute Gasteiger partial charge is 0.418 e. The van der Waals surface area contributed by atoms with E-state index in [-0.39, 0.29) is 12.1 Å². The minimum absolute atomic E-state index is 0.0939. The normalized spacial score (nSPS) is 11.0. The van der Waals surface area contributed by atoms with Crippen molar-refractivity contribution in [2.45, 2.75) is 19.0 Å². The van der Waals surface area contributed by atoms with Gasteiger partial charge >= 0.3 is 6.18 Å². The highest BCUT2D eigenvalue weighted by Gasteiger charge is 2.33. The predicted molar refractivity (Wildman–Crippen MR) is 91.1 cm³/mol. The third-order valence-electron chi connectivity index (χ3n) is 3.66. The summed E-state index contributed by atoms with van der Waals surface area (Å²) in [5.41, 5.74) is 4.41. The molecular weight excluding hydrogens is 349 g/mol. The number of hydrogen-bond donors (Lipinski definition) is 2. The molecule has 0 aliphatic heterocycles. The summed E-state index contributed by atoms with van der Waals surface area (Å²) < 4.78 is 49.0. The van der Waals surface area contributed by atoms with E-state index >= 15 is 0 Å². The summed E-state index contributed by atoms with van der Waals surface area (Å²) in [6, 6.07) is 10.2. The molecule has 26 heavy (non-hydrogen) atoms. The van der Waals surface area contributed by atoms with Crippen LogP contribution in [0.3, 0.4) is 0 Å². The van der Waals surface area contributed by atoms with Crippen LogP contribution in [0.25, 0.3) is 0 Å². The summed E-state index contributed by atoms with van der Waals surface area (Å²) in [5.74, 6) is 0.686. The second-order valence-corrected chi connectivity index (χ2v) is 5.41. The third kappa shape index (κ3) is 5.05. The molecule has 0 heterocycles. The van der Waals surface area contributed by atoms with Gasteiger partial charge in [0.2, 0.25) is 5.91 Å². The van der Waals surface area contributed by atoms with E-state index in [2.05, 4.69) is 10.9 Å². The van der Waals surface area contributed by atoms with Crippen LogP contribution in [-0.4, -0.2) is 20.1 Å². The Morgan fingerprint density at radius 3 is 2.38 bits per heavy atom. The number of carbonyl (C=O) groups excluding carboxylic acids is 1. The lowest BCUT2D eigenvalue weighted by Gasteiger charge is -2.15. The number of para-hydroxylation sites is 1. The first-order valence-corrected chi connectivity index (χ1v) is 7.77. The van der Waals surface area contributed by atoms with Crippen LogP contribution >= 0.6 is 0 Å². The molecule has 0 saturated carbocycles. The van der Waals surface area contributed by atoms with E-state index in [0.717, 1.165) is 11.6 Å². The number of hydrazine groups is 1. The Balaban J connectivity index is 1.93. The molecule has 0 aromatic heterocycles.